The number of aromatic nitrogens is 5. The number of para-hydroxylation sites is 1. The number of carbonyl (C=O) groups excluding carboxylic acids is 1. The first kappa shape index (κ1) is 20.1. The molecule has 1 aliphatic rings. The fourth-order valence-electron chi connectivity index (χ4n) is 3.88. The van der Waals surface area contributed by atoms with Gasteiger partial charge in [0.1, 0.15) is 0 Å². The number of piperidine rings is 1. The fraction of sp³-hybridized carbons (Fsp3) is 0.318. The predicted molar refractivity (Wildman–Crippen MR) is 123 cm³/mol. The Bertz CT molecular complexity index is 1190. The quantitative estimate of drug-likeness (QED) is 0.427. The van der Waals surface area contributed by atoms with E-state index in [2.05, 4.69) is 27.7 Å². The van der Waals surface area contributed by atoms with Gasteiger partial charge in [0.25, 0.3) is 0 Å². The van der Waals surface area contributed by atoms with Crippen molar-refractivity contribution in [3.63, 3.8) is 0 Å². The molecule has 2 aromatic carbocycles. The number of likely N-dealkylation sites (tertiary alicyclic amines) is 1. The Labute approximate surface area is 188 Å². The zero-order valence-electron chi connectivity index (χ0n) is 17.1. The van der Waals surface area contributed by atoms with Crippen molar-refractivity contribution in [1.82, 2.24) is 30.1 Å². The molecule has 1 atom stereocenters. The Morgan fingerprint density at radius 2 is 2.13 bits per heavy atom. The highest BCUT2D eigenvalue weighted by Gasteiger charge is 2.27. The van der Waals surface area contributed by atoms with Crippen molar-refractivity contribution in [3.8, 4) is 5.69 Å². The molecule has 0 radical (unpaired) electrons. The molecule has 2 aromatic heterocycles. The predicted octanol–water partition coefficient (Wildman–Crippen LogP) is 4.08. The monoisotopic (exact) mass is 450 g/mol. The summed E-state index contributed by atoms with van der Waals surface area (Å²) < 4.78 is 2.89. The van der Waals surface area contributed by atoms with Gasteiger partial charge in [0.2, 0.25) is 11.1 Å². The van der Waals surface area contributed by atoms with Crippen molar-refractivity contribution in [3.05, 3.63) is 59.1 Å². The number of amides is 1. The van der Waals surface area contributed by atoms with Crippen LogP contribution in [-0.4, -0.2) is 54.8 Å². The highest BCUT2D eigenvalue weighted by Crippen LogP contribution is 2.33. The summed E-state index contributed by atoms with van der Waals surface area (Å²) in [6, 6.07) is 16.2. The third-order valence-electron chi connectivity index (χ3n) is 5.45. The van der Waals surface area contributed by atoms with Gasteiger partial charge in [-0.25, -0.2) is 4.98 Å². The SMILES string of the molecule is Cc1cccc(-n2nnnc2SCC(=O)N2CCCC(c3nc4ccccc4s3)C2)c1. The van der Waals surface area contributed by atoms with Gasteiger partial charge in [-0.3, -0.25) is 4.79 Å². The summed E-state index contributed by atoms with van der Waals surface area (Å²) in [6.07, 6.45) is 2.07. The molecule has 0 aliphatic carbocycles. The second-order valence-electron chi connectivity index (χ2n) is 7.70. The average molecular weight is 451 g/mol. The summed E-state index contributed by atoms with van der Waals surface area (Å²) in [6.45, 7) is 3.55. The van der Waals surface area contributed by atoms with Gasteiger partial charge in [0.05, 0.1) is 26.7 Å². The lowest BCUT2D eigenvalue weighted by molar-refractivity contribution is -0.129. The van der Waals surface area contributed by atoms with Crippen LogP contribution in [-0.2, 0) is 4.79 Å². The van der Waals surface area contributed by atoms with Crippen LogP contribution in [0.4, 0.5) is 0 Å². The average Bonchev–Trinajstić information content (AvgIpc) is 3.44. The van der Waals surface area contributed by atoms with Crippen molar-refractivity contribution < 1.29 is 4.79 Å². The molecular formula is C22H22N6OS2. The molecule has 1 fully saturated rings. The van der Waals surface area contributed by atoms with Crippen molar-refractivity contribution in [1.29, 1.82) is 0 Å². The lowest BCUT2D eigenvalue weighted by atomic mass is 9.99. The Morgan fingerprint density at radius 3 is 3.00 bits per heavy atom. The summed E-state index contributed by atoms with van der Waals surface area (Å²) in [4.78, 5) is 19.7. The van der Waals surface area contributed by atoms with E-state index in [9.17, 15) is 4.79 Å². The van der Waals surface area contributed by atoms with E-state index in [4.69, 9.17) is 4.98 Å². The second-order valence-corrected chi connectivity index (χ2v) is 9.70. The largest absolute Gasteiger partial charge is 0.341 e. The number of benzene rings is 2. The smallest absolute Gasteiger partial charge is 0.233 e. The van der Waals surface area contributed by atoms with Gasteiger partial charge in [-0.2, -0.15) is 4.68 Å². The standard InChI is InChI=1S/C22H22N6OS2/c1-15-6-4-8-17(12-15)28-22(24-25-26-28)30-14-20(29)27-11-5-7-16(13-27)21-23-18-9-2-3-10-19(18)31-21/h2-4,6,8-10,12,16H,5,7,11,13-14H2,1H3. The first-order valence-corrected chi connectivity index (χ1v) is 12.1. The minimum atomic E-state index is 0.120. The number of thiazole rings is 1. The van der Waals surface area contributed by atoms with Crippen LogP contribution < -0.4 is 0 Å². The zero-order valence-corrected chi connectivity index (χ0v) is 18.8. The fourth-order valence-corrected chi connectivity index (χ4v) is 5.76. The molecule has 0 spiro atoms. The van der Waals surface area contributed by atoms with Crippen LogP contribution in [0.2, 0.25) is 0 Å². The first-order valence-electron chi connectivity index (χ1n) is 10.3. The molecule has 0 N–H and O–H groups in total. The number of rotatable bonds is 5. The summed E-state index contributed by atoms with van der Waals surface area (Å²) >= 11 is 3.13. The normalized spacial score (nSPS) is 16.7. The number of carbonyl (C=O) groups is 1. The van der Waals surface area contributed by atoms with E-state index in [-0.39, 0.29) is 5.91 Å². The molecule has 1 amide bonds. The van der Waals surface area contributed by atoms with Gasteiger partial charge in [-0.1, -0.05) is 36.0 Å². The molecule has 1 unspecified atom stereocenters. The van der Waals surface area contributed by atoms with Crippen LogP contribution in [0.5, 0.6) is 0 Å². The van der Waals surface area contributed by atoms with Crippen LogP contribution in [0, 0.1) is 6.92 Å². The van der Waals surface area contributed by atoms with E-state index in [1.165, 1.54) is 16.5 Å². The van der Waals surface area contributed by atoms with Gasteiger partial charge in [0.15, 0.2) is 0 Å². The Hall–Kier alpha value is -2.78. The van der Waals surface area contributed by atoms with Crippen molar-refractivity contribution in [2.24, 2.45) is 0 Å². The van der Waals surface area contributed by atoms with Crippen molar-refractivity contribution in [2.45, 2.75) is 30.8 Å². The minimum Gasteiger partial charge on any atom is -0.341 e. The molecule has 31 heavy (non-hydrogen) atoms. The van der Waals surface area contributed by atoms with Crippen LogP contribution in [0.3, 0.4) is 0 Å². The van der Waals surface area contributed by atoms with E-state index >= 15 is 0 Å². The molecule has 1 aliphatic heterocycles. The lowest BCUT2D eigenvalue weighted by Crippen LogP contribution is -2.40. The third kappa shape index (κ3) is 4.33. The lowest BCUT2D eigenvalue weighted by Gasteiger charge is -2.31. The molecule has 3 heterocycles. The van der Waals surface area contributed by atoms with Crippen LogP contribution >= 0.6 is 23.1 Å². The van der Waals surface area contributed by atoms with Gasteiger partial charge >= 0.3 is 0 Å². The number of tetrazole rings is 1. The van der Waals surface area contributed by atoms with Gasteiger partial charge in [-0.05, 0) is 60.0 Å². The zero-order chi connectivity index (χ0) is 21.2. The number of hydrogen-bond donors (Lipinski definition) is 0. The number of aryl methyl sites for hydroxylation is 1. The molecule has 0 saturated carbocycles. The van der Waals surface area contributed by atoms with E-state index < -0.39 is 0 Å². The first-order chi connectivity index (χ1) is 15.2. The van der Waals surface area contributed by atoms with Crippen molar-refractivity contribution >= 4 is 39.2 Å². The van der Waals surface area contributed by atoms with E-state index in [0.717, 1.165) is 47.7 Å². The second kappa shape index (κ2) is 8.76. The van der Waals surface area contributed by atoms with Gasteiger partial charge in [-0.15, -0.1) is 16.4 Å². The Morgan fingerprint density at radius 1 is 1.23 bits per heavy atom. The molecule has 7 nitrogen and oxygen atoms in total. The Kier molecular flexibility index (Phi) is 5.69. The van der Waals surface area contributed by atoms with E-state index in [1.807, 2.05) is 48.2 Å². The van der Waals surface area contributed by atoms with E-state index in [0.29, 0.717) is 16.8 Å². The number of hydrogen-bond acceptors (Lipinski definition) is 7. The highest BCUT2D eigenvalue weighted by atomic mass is 32.2. The molecule has 9 heteroatoms. The maximum atomic E-state index is 13.0. The molecule has 158 valence electrons. The van der Waals surface area contributed by atoms with Crippen LogP contribution in [0.1, 0.15) is 29.3 Å². The maximum Gasteiger partial charge on any atom is 0.233 e. The third-order valence-corrected chi connectivity index (χ3v) is 7.55. The van der Waals surface area contributed by atoms with Gasteiger partial charge < -0.3 is 4.90 Å². The maximum absolute atomic E-state index is 13.0. The van der Waals surface area contributed by atoms with Gasteiger partial charge in [0, 0.05) is 19.0 Å². The number of nitrogens with zero attached hydrogens (tertiary/aromatic N) is 6. The summed E-state index contributed by atoms with van der Waals surface area (Å²) in [5.74, 6) is 0.742. The topological polar surface area (TPSA) is 76.8 Å². The van der Waals surface area contributed by atoms with Crippen LogP contribution in [0.25, 0.3) is 15.9 Å². The summed E-state index contributed by atoms with van der Waals surface area (Å²) in [7, 11) is 0. The van der Waals surface area contributed by atoms with E-state index in [1.54, 1.807) is 16.0 Å². The molecule has 0 bridgehead atoms. The Balaban J connectivity index is 1.24. The molecule has 1 saturated heterocycles. The minimum absolute atomic E-state index is 0.120. The molecular weight excluding hydrogens is 428 g/mol. The van der Waals surface area contributed by atoms with Crippen molar-refractivity contribution in [2.75, 3.05) is 18.8 Å². The molecule has 4 aromatic rings. The summed E-state index contributed by atoms with van der Waals surface area (Å²) in [5, 5.41) is 13.8. The molecule has 5 rings (SSSR count). The highest BCUT2D eigenvalue weighted by molar-refractivity contribution is 7.99. The summed E-state index contributed by atoms with van der Waals surface area (Å²) in [5.41, 5.74) is 3.08. The van der Waals surface area contributed by atoms with Crippen LogP contribution in [0.15, 0.2) is 53.7 Å². The number of thioether (sulfide) groups is 1. The number of fused-ring (bicyclic) bond motifs is 1.